The SMILES string of the molecule is CC(C)(C)C1=CC(=C2N=C(I)C(I)=C2I)SS1. The van der Waals surface area contributed by atoms with Gasteiger partial charge >= 0.3 is 0 Å². The van der Waals surface area contributed by atoms with Crippen molar-refractivity contribution >= 4 is 93.1 Å². The third-order valence-electron chi connectivity index (χ3n) is 2.25. The third-order valence-corrected chi connectivity index (χ3v) is 10.0. The second kappa shape index (κ2) is 5.65. The Morgan fingerprint density at radius 3 is 2.12 bits per heavy atom. The molecule has 2 aliphatic rings. The maximum atomic E-state index is 4.66. The van der Waals surface area contributed by atoms with Crippen LogP contribution in [0.1, 0.15) is 20.8 Å². The molecular weight excluding hydrogens is 591 g/mol. The second-order valence-corrected chi connectivity index (χ2v) is 10.1. The van der Waals surface area contributed by atoms with Crippen molar-refractivity contribution in [2.75, 3.05) is 0 Å². The van der Waals surface area contributed by atoms with Gasteiger partial charge in [-0.1, -0.05) is 42.4 Å². The van der Waals surface area contributed by atoms with Gasteiger partial charge in [-0.25, -0.2) is 4.99 Å². The fourth-order valence-electron chi connectivity index (χ4n) is 1.26. The molecule has 0 unspecified atom stereocenters. The van der Waals surface area contributed by atoms with Gasteiger partial charge in [-0.3, -0.25) is 0 Å². The minimum absolute atomic E-state index is 0.234. The summed E-state index contributed by atoms with van der Waals surface area (Å²) in [4.78, 5) is 7.39. The van der Waals surface area contributed by atoms with Gasteiger partial charge in [0.25, 0.3) is 0 Å². The molecule has 0 amide bonds. The molecule has 0 aromatic rings. The van der Waals surface area contributed by atoms with Crippen LogP contribution in [0.25, 0.3) is 0 Å². The Morgan fingerprint density at radius 1 is 1.06 bits per heavy atom. The molecule has 0 bridgehead atoms. The van der Waals surface area contributed by atoms with Crippen LogP contribution in [-0.4, -0.2) is 3.72 Å². The molecule has 2 aliphatic heterocycles. The van der Waals surface area contributed by atoms with Crippen molar-refractivity contribution in [2.45, 2.75) is 20.8 Å². The molecule has 0 saturated heterocycles. The van der Waals surface area contributed by atoms with Crippen LogP contribution in [0.2, 0.25) is 0 Å². The van der Waals surface area contributed by atoms with Crippen molar-refractivity contribution in [3.05, 3.63) is 28.7 Å². The molecule has 0 fully saturated rings. The molecule has 0 N–H and O–H groups in total. The van der Waals surface area contributed by atoms with Crippen LogP contribution in [0, 0.1) is 5.41 Å². The summed E-state index contributed by atoms with van der Waals surface area (Å²) in [5.41, 5.74) is 1.38. The molecule has 2 heterocycles. The zero-order valence-corrected chi connectivity index (χ0v) is 17.6. The third kappa shape index (κ3) is 3.27. The van der Waals surface area contributed by atoms with Crippen molar-refractivity contribution in [1.29, 1.82) is 0 Å². The summed E-state index contributed by atoms with van der Waals surface area (Å²) in [5.74, 6) is 0. The molecule has 0 aliphatic carbocycles. The van der Waals surface area contributed by atoms with E-state index >= 15 is 0 Å². The van der Waals surface area contributed by atoms with Crippen molar-refractivity contribution < 1.29 is 0 Å². The lowest BCUT2D eigenvalue weighted by Gasteiger charge is -2.17. The van der Waals surface area contributed by atoms with E-state index in [4.69, 9.17) is 0 Å². The summed E-state index contributed by atoms with van der Waals surface area (Å²) in [7, 11) is 3.70. The summed E-state index contributed by atoms with van der Waals surface area (Å²) in [6.45, 7) is 6.77. The summed E-state index contributed by atoms with van der Waals surface area (Å²) in [6.07, 6.45) is 2.30. The van der Waals surface area contributed by atoms with E-state index in [0.717, 1.165) is 9.42 Å². The molecule has 17 heavy (non-hydrogen) atoms. The molecule has 0 spiro atoms. The number of rotatable bonds is 0. The standard InChI is InChI=1S/C11H10I3NS2/c1-11(2,3)6-4-5(16-17-6)9-7(12)8(13)10(14)15-9/h4H,1-3H3. The van der Waals surface area contributed by atoms with E-state index in [1.54, 1.807) is 0 Å². The van der Waals surface area contributed by atoms with E-state index in [1.165, 1.54) is 17.0 Å². The highest BCUT2D eigenvalue weighted by Crippen LogP contribution is 2.54. The van der Waals surface area contributed by atoms with E-state index in [2.05, 4.69) is 99.6 Å². The van der Waals surface area contributed by atoms with Crippen LogP contribution in [0.15, 0.2) is 33.7 Å². The Labute approximate surface area is 151 Å². The molecule has 0 aromatic carbocycles. The van der Waals surface area contributed by atoms with Crippen molar-refractivity contribution in [3.8, 4) is 0 Å². The molecule has 0 radical (unpaired) electrons. The summed E-state index contributed by atoms with van der Waals surface area (Å²) >= 11 is 7.07. The second-order valence-electron chi connectivity index (χ2n) is 4.67. The van der Waals surface area contributed by atoms with Crippen LogP contribution in [0.3, 0.4) is 0 Å². The van der Waals surface area contributed by atoms with E-state index < -0.39 is 0 Å². The lowest BCUT2D eigenvalue weighted by molar-refractivity contribution is 0.534. The average Bonchev–Trinajstić information content (AvgIpc) is 2.79. The summed E-state index contributed by atoms with van der Waals surface area (Å²) in [6, 6.07) is 0. The highest BCUT2D eigenvalue weighted by molar-refractivity contribution is 14.1. The van der Waals surface area contributed by atoms with Gasteiger partial charge in [0, 0.05) is 9.81 Å². The van der Waals surface area contributed by atoms with Gasteiger partial charge in [-0.2, -0.15) is 0 Å². The summed E-state index contributed by atoms with van der Waals surface area (Å²) < 4.78 is 3.66. The minimum atomic E-state index is 0.234. The number of halogens is 3. The van der Waals surface area contributed by atoms with Gasteiger partial charge in [0.15, 0.2) is 0 Å². The van der Waals surface area contributed by atoms with Crippen molar-refractivity contribution in [1.82, 2.24) is 0 Å². The Hall–Kier alpha value is 1.78. The molecule has 0 atom stereocenters. The first-order chi connectivity index (χ1) is 7.80. The smallest absolute Gasteiger partial charge is 0.116 e. The molecule has 0 saturated carbocycles. The molecule has 0 aromatic heterocycles. The average molecular weight is 601 g/mol. The maximum absolute atomic E-state index is 4.66. The number of aliphatic imine (C=N–C) groups is 1. The normalized spacial score (nSPS) is 25.5. The highest BCUT2D eigenvalue weighted by Gasteiger charge is 2.28. The van der Waals surface area contributed by atoms with E-state index in [0.29, 0.717) is 0 Å². The van der Waals surface area contributed by atoms with Crippen molar-refractivity contribution in [2.24, 2.45) is 10.4 Å². The summed E-state index contributed by atoms with van der Waals surface area (Å²) in [5, 5.41) is 0. The lowest BCUT2D eigenvalue weighted by Crippen LogP contribution is -2.04. The molecular formula is C11H10I3NS2. The monoisotopic (exact) mass is 601 g/mol. The van der Waals surface area contributed by atoms with Gasteiger partial charge in [0.1, 0.15) is 3.72 Å². The zero-order chi connectivity index (χ0) is 12.8. The first-order valence-corrected chi connectivity index (χ1v) is 10.3. The van der Waals surface area contributed by atoms with Gasteiger partial charge in [0.2, 0.25) is 0 Å². The highest BCUT2D eigenvalue weighted by atomic mass is 127. The Balaban J connectivity index is 2.43. The van der Waals surface area contributed by atoms with Gasteiger partial charge in [-0.15, -0.1) is 0 Å². The molecule has 6 heteroatoms. The Morgan fingerprint density at radius 2 is 1.71 bits per heavy atom. The topological polar surface area (TPSA) is 12.4 Å². The van der Waals surface area contributed by atoms with Crippen molar-refractivity contribution in [3.63, 3.8) is 0 Å². The lowest BCUT2D eigenvalue weighted by atomic mass is 9.95. The molecule has 92 valence electrons. The number of allylic oxidation sites excluding steroid dienone is 4. The molecule has 2 rings (SSSR count). The predicted molar refractivity (Wildman–Crippen MR) is 106 cm³/mol. The van der Waals surface area contributed by atoms with Gasteiger partial charge in [-0.05, 0) is 79.3 Å². The quantitative estimate of drug-likeness (QED) is 0.234. The Kier molecular flexibility index (Phi) is 5.04. The fraction of sp³-hybridized carbons (Fsp3) is 0.364. The van der Waals surface area contributed by atoms with Gasteiger partial charge in [0.05, 0.1) is 12.9 Å². The van der Waals surface area contributed by atoms with Crippen LogP contribution in [0.4, 0.5) is 0 Å². The largest absolute Gasteiger partial charge is 0.239 e. The zero-order valence-electron chi connectivity index (χ0n) is 9.47. The van der Waals surface area contributed by atoms with Gasteiger partial charge < -0.3 is 0 Å². The van der Waals surface area contributed by atoms with Crippen LogP contribution in [0.5, 0.6) is 0 Å². The number of hydrogen-bond donors (Lipinski definition) is 0. The van der Waals surface area contributed by atoms with E-state index in [9.17, 15) is 0 Å². The van der Waals surface area contributed by atoms with E-state index in [-0.39, 0.29) is 5.41 Å². The first kappa shape index (κ1) is 15.2. The number of nitrogens with zero attached hydrogens (tertiary/aromatic N) is 1. The van der Waals surface area contributed by atoms with Crippen LogP contribution in [-0.2, 0) is 0 Å². The fourth-order valence-corrected chi connectivity index (χ4v) is 6.39. The maximum Gasteiger partial charge on any atom is 0.116 e. The van der Waals surface area contributed by atoms with Crippen LogP contribution < -0.4 is 0 Å². The van der Waals surface area contributed by atoms with Crippen LogP contribution >= 0.6 is 89.4 Å². The predicted octanol–water partition coefficient (Wildman–Crippen LogP) is 6.45. The molecule has 1 nitrogen and oxygen atoms in total. The number of hydrogen-bond acceptors (Lipinski definition) is 3. The van der Waals surface area contributed by atoms with E-state index in [1.807, 2.05) is 21.6 Å². The minimum Gasteiger partial charge on any atom is -0.239 e. The Bertz CT molecular complexity index is 495. The first-order valence-electron chi connectivity index (χ1n) is 4.92.